The highest BCUT2D eigenvalue weighted by atomic mass is 32.2. The van der Waals surface area contributed by atoms with Gasteiger partial charge in [0.15, 0.2) is 0 Å². The van der Waals surface area contributed by atoms with Gasteiger partial charge in [0, 0.05) is 0 Å². The largest absolute Gasteiger partial charge is 0.523 e. The van der Waals surface area contributed by atoms with Crippen LogP contribution in [0.3, 0.4) is 0 Å². The van der Waals surface area contributed by atoms with Crippen LogP contribution in [-0.4, -0.2) is 20.0 Å². The van der Waals surface area contributed by atoms with Crippen LogP contribution >= 0.6 is 0 Å². The molecule has 0 N–H and O–H groups in total. The van der Waals surface area contributed by atoms with E-state index in [0.29, 0.717) is 12.8 Å². The summed E-state index contributed by atoms with van der Waals surface area (Å²) < 4.78 is 60.2. The molecule has 0 bridgehead atoms. The molecule has 0 heterocycles. The molecule has 0 radical (unpaired) electrons. The molecular weight excluding hydrogens is 209 g/mol. The average Bonchev–Trinajstić information content (AvgIpc) is 1.95. The van der Waals surface area contributed by atoms with E-state index in [1.165, 1.54) is 0 Å². The second-order valence-electron chi connectivity index (χ2n) is 3.09. The van der Waals surface area contributed by atoms with Gasteiger partial charge < -0.3 is 0 Å². The zero-order chi connectivity index (χ0) is 10.3. The summed E-state index contributed by atoms with van der Waals surface area (Å²) in [6, 6.07) is 0. The first-order valence-electron chi connectivity index (χ1n) is 3.73. The van der Waals surface area contributed by atoms with Crippen molar-refractivity contribution >= 4 is 10.1 Å². The predicted octanol–water partition coefficient (Wildman–Crippen LogP) is 1.65. The van der Waals surface area contributed by atoms with Crippen LogP contribution < -0.4 is 0 Å². The summed E-state index contributed by atoms with van der Waals surface area (Å²) in [5, 5.41) is 0. The lowest BCUT2D eigenvalue weighted by Gasteiger charge is -2.32. The van der Waals surface area contributed by atoms with Crippen LogP contribution in [0.2, 0.25) is 0 Å². The van der Waals surface area contributed by atoms with E-state index in [2.05, 4.69) is 4.18 Å². The molecule has 0 aromatic carbocycles. The molecule has 1 fully saturated rings. The highest BCUT2D eigenvalue weighted by molar-refractivity contribution is 7.87. The fourth-order valence-corrected chi connectivity index (χ4v) is 1.72. The molecule has 1 aliphatic carbocycles. The minimum absolute atomic E-state index is 0.114. The maximum Gasteiger partial charge on any atom is 0.523 e. The first kappa shape index (κ1) is 10.8. The lowest BCUT2D eigenvalue weighted by Crippen LogP contribution is -2.38. The topological polar surface area (TPSA) is 43.4 Å². The van der Waals surface area contributed by atoms with Gasteiger partial charge in [-0.3, -0.25) is 4.18 Å². The van der Waals surface area contributed by atoms with Gasteiger partial charge >= 0.3 is 15.6 Å². The molecule has 0 spiro atoms. The van der Waals surface area contributed by atoms with E-state index in [4.69, 9.17) is 0 Å². The fourth-order valence-electron chi connectivity index (χ4n) is 0.996. The van der Waals surface area contributed by atoms with Crippen molar-refractivity contribution in [3.63, 3.8) is 0 Å². The number of halogens is 3. The van der Waals surface area contributed by atoms with Gasteiger partial charge in [0.25, 0.3) is 0 Å². The zero-order valence-electron chi connectivity index (χ0n) is 6.84. The van der Waals surface area contributed by atoms with Gasteiger partial charge in [-0.1, -0.05) is 6.92 Å². The Morgan fingerprint density at radius 2 is 1.85 bits per heavy atom. The number of alkyl halides is 3. The van der Waals surface area contributed by atoms with Crippen molar-refractivity contribution in [1.82, 2.24) is 0 Å². The van der Waals surface area contributed by atoms with Gasteiger partial charge in [-0.25, -0.2) is 0 Å². The molecule has 0 aliphatic heterocycles. The minimum atomic E-state index is -5.39. The molecular formula is C6H9F3O3S. The van der Waals surface area contributed by atoms with Gasteiger partial charge in [-0.15, -0.1) is 0 Å². The van der Waals surface area contributed by atoms with Gasteiger partial charge in [0.2, 0.25) is 0 Å². The van der Waals surface area contributed by atoms with Crippen LogP contribution in [0.1, 0.15) is 19.8 Å². The summed E-state index contributed by atoms with van der Waals surface area (Å²) in [5.41, 5.74) is -5.30. The second kappa shape index (κ2) is 3.13. The van der Waals surface area contributed by atoms with Gasteiger partial charge in [0.1, 0.15) is 0 Å². The summed E-state index contributed by atoms with van der Waals surface area (Å²) in [6.45, 7) is 1.65. The van der Waals surface area contributed by atoms with E-state index in [1.54, 1.807) is 6.92 Å². The molecule has 1 aliphatic rings. The van der Waals surface area contributed by atoms with Crippen molar-refractivity contribution in [2.24, 2.45) is 5.92 Å². The van der Waals surface area contributed by atoms with E-state index in [0.717, 1.165) is 0 Å². The first-order chi connectivity index (χ1) is 5.74. The predicted molar refractivity (Wildman–Crippen MR) is 38.2 cm³/mol. The molecule has 7 heteroatoms. The third-order valence-electron chi connectivity index (χ3n) is 2.07. The highest BCUT2D eigenvalue weighted by Gasteiger charge is 2.50. The molecule has 13 heavy (non-hydrogen) atoms. The number of hydrogen-bond acceptors (Lipinski definition) is 3. The first-order valence-corrected chi connectivity index (χ1v) is 5.14. The van der Waals surface area contributed by atoms with Gasteiger partial charge in [-0.05, 0) is 18.8 Å². The minimum Gasteiger partial charge on any atom is -0.260 e. The van der Waals surface area contributed by atoms with Gasteiger partial charge in [0.05, 0.1) is 6.10 Å². The molecule has 0 aromatic heterocycles. The van der Waals surface area contributed by atoms with Crippen molar-refractivity contribution in [2.45, 2.75) is 31.4 Å². The highest BCUT2D eigenvalue weighted by Crippen LogP contribution is 2.34. The average molecular weight is 218 g/mol. The Bertz CT molecular complexity index is 282. The van der Waals surface area contributed by atoms with Gasteiger partial charge in [-0.2, -0.15) is 21.6 Å². The summed E-state index contributed by atoms with van der Waals surface area (Å²) in [7, 11) is -5.39. The maximum absolute atomic E-state index is 11.8. The summed E-state index contributed by atoms with van der Waals surface area (Å²) >= 11 is 0. The van der Waals surface area contributed by atoms with Crippen molar-refractivity contribution in [3.05, 3.63) is 0 Å². The van der Waals surface area contributed by atoms with E-state index in [-0.39, 0.29) is 5.92 Å². The Balaban J connectivity index is 2.63. The van der Waals surface area contributed by atoms with Crippen LogP contribution in [0.25, 0.3) is 0 Å². The quantitative estimate of drug-likeness (QED) is 0.523. The maximum atomic E-state index is 11.8. The molecule has 0 saturated heterocycles. The van der Waals surface area contributed by atoms with Crippen molar-refractivity contribution in [2.75, 3.05) is 0 Å². The normalized spacial score (nSPS) is 29.8. The number of hydrogen-bond donors (Lipinski definition) is 0. The molecule has 1 rings (SSSR count). The van der Waals surface area contributed by atoms with Crippen molar-refractivity contribution in [1.29, 1.82) is 0 Å². The third-order valence-corrected chi connectivity index (χ3v) is 3.14. The van der Waals surface area contributed by atoms with Crippen LogP contribution in [0, 0.1) is 5.92 Å². The Morgan fingerprint density at radius 1 is 1.31 bits per heavy atom. The summed E-state index contributed by atoms with van der Waals surface area (Å²) in [4.78, 5) is 0. The zero-order valence-corrected chi connectivity index (χ0v) is 7.65. The third kappa shape index (κ3) is 2.14. The summed E-state index contributed by atoms with van der Waals surface area (Å²) in [6.07, 6.45) is 0.278. The van der Waals surface area contributed by atoms with E-state index < -0.39 is 21.7 Å². The van der Waals surface area contributed by atoms with Crippen molar-refractivity contribution < 1.29 is 25.8 Å². The second-order valence-corrected chi connectivity index (χ2v) is 4.65. The van der Waals surface area contributed by atoms with Crippen LogP contribution in [0.5, 0.6) is 0 Å². The van der Waals surface area contributed by atoms with E-state index in [1.807, 2.05) is 0 Å². The molecule has 78 valence electrons. The molecule has 3 nitrogen and oxygen atoms in total. The number of rotatable bonds is 2. The van der Waals surface area contributed by atoms with E-state index >= 15 is 0 Å². The fraction of sp³-hybridized carbons (Fsp3) is 1.00. The van der Waals surface area contributed by atoms with E-state index in [9.17, 15) is 21.6 Å². The SMILES string of the molecule is CC1CCC1OS(=O)(=O)C(F)(F)F. The van der Waals surface area contributed by atoms with Crippen LogP contribution in [0.4, 0.5) is 13.2 Å². The smallest absolute Gasteiger partial charge is 0.260 e. The lowest BCUT2D eigenvalue weighted by atomic mass is 9.84. The molecule has 0 aromatic rings. The standard InChI is InChI=1S/C6H9F3O3S/c1-4-2-3-5(4)12-13(10,11)6(7,8)9/h4-5H,2-3H2,1H3. The molecule has 2 atom stereocenters. The molecule has 2 unspecified atom stereocenters. The monoisotopic (exact) mass is 218 g/mol. The molecule has 0 amide bonds. The Labute approximate surface area is 74.0 Å². The Morgan fingerprint density at radius 3 is 2.08 bits per heavy atom. The lowest BCUT2D eigenvalue weighted by molar-refractivity contribution is -0.0644. The Hall–Kier alpha value is -0.300. The molecule has 1 saturated carbocycles. The summed E-state index contributed by atoms with van der Waals surface area (Å²) in [5.74, 6) is -0.114. The van der Waals surface area contributed by atoms with Crippen LogP contribution in [0.15, 0.2) is 0 Å². The Kier molecular flexibility index (Phi) is 2.59. The van der Waals surface area contributed by atoms with Crippen LogP contribution in [-0.2, 0) is 14.3 Å². The van der Waals surface area contributed by atoms with Crippen molar-refractivity contribution in [3.8, 4) is 0 Å².